The van der Waals surface area contributed by atoms with Crippen LogP contribution in [0.3, 0.4) is 0 Å². The van der Waals surface area contributed by atoms with Gasteiger partial charge in [-0.15, -0.1) is 0 Å². The summed E-state index contributed by atoms with van der Waals surface area (Å²) in [4.78, 5) is 50.3. The fraction of sp³-hybridized carbons (Fsp3) is 0.390. The van der Waals surface area contributed by atoms with Crippen LogP contribution in [-0.4, -0.2) is 86.5 Å². The van der Waals surface area contributed by atoms with Gasteiger partial charge in [-0.2, -0.15) is 0 Å². The summed E-state index contributed by atoms with van der Waals surface area (Å²) in [6.45, 7) is 12.0. The first kappa shape index (κ1) is 39.8. The molecule has 3 amide bonds. The van der Waals surface area contributed by atoms with E-state index >= 15 is 0 Å². The van der Waals surface area contributed by atoms with E-state index in [0.717, 1.165) is 12.1 Å². The van der Waals surface area contributed by atoms with Crippen LogP contribution < -0.4 is 14.8 Å². The minimum Gasteiger partial charge on any atom is -0.472 e. The van der Waals surface area contributed by atoms with Crippen LogP contribution in [0.1, 0.15) is 64.7 Å². The second kappa shape index (κ2) is 15.7. The van der Waals surface area contributed by atoms with E-state index in [1.807, 2.05) is 20.8 Å². The number of nitrogens with one attached hydrogen (secondary N) is 1. The van der Waals surface area contributed by atoms with Gasteiger partial charge in [0.15, 0.2) is 11.6 Å². The number of hydrogen-bond acceptors (Lipinski definition) is 8. The molecule has 2 aliphatic heterocycles. The monoisotopic (exact) mass is 775 g/mol. The van der Waals surface area contributed by atoms with Crippen molar-refractivity contribution in [2.24, 2.45) is 5.41 Å². The lowest BCUT2D eigenvalue weighted by molar-refractivity contribution is 0.0274. The molecule has 4 aromatic rings. The summed E-state index contributed by atoms with van der Waals surface area (Å²) in [6, 6.07) is 11.5. The van der Waals surface area contributed by atoms with Gasteiger partial charge in [-0.25, -0.2) is 32.7 Å². The van der Waals surface area contributed by atoms with Crippen molar-refractivity contribution in [3.8, 4) is 34.0 Å². The van der Waals surface area contributed by atoms with E-state index < -0.39 is 64.8 Å². The number of carboxylic acid groups (broad SMARTS) is 1. The van der Waals surface area contributed by atoms with Crippen LogP contribution in [0.5, 0.6) is 11.8 Å². The molecule has 4 heterocycles. The highest BCUT2D eigenvalue weighted by Gasteiger charge is 2.46. The Labute approximate surface area is 322 Å². The Kier molecular flexibility index (Phi) is 11.2. The zero-order valence-electron chi connectivity index (χ0n) is 31.9. The van der Waals surface area contributed by atoms with Crippen molar-refractivity contribution in [3.05, 3.63) is 90.0 Å². The molecular formula is C41H44F3N5O7. The third kappa shape index (κ3) is 9.15. The molecule has 15 heteroatoms. The van der Waals surface area contributed by atoms with Gasteiger partial charge >= 0.3 is 12.2 Å². The number of carbonyl (C=O) groups is 3. The number of hydrogen-bond donors (Lipinski definition) is 2. The van der Waals surface area contributed by atoms with Crippen LogP contribution in [0.25, 0.3) is 22.3 Å². The standard InChI is InChI=1S/C41H44F3N5O7/c1-40(2,3)34-33(14-16-49(34)38(51)52)55-37-30(23-7-10-26(42)11-8-23)19-27(21-46-37)47-35(50)25-17-29(24-9-12-31(43)32(44)18-24)36(45-20-25)54-28-13-15-48(22-28)39(53)56-41(4,5)6/h7-12,17-21,28,33-34H,13-16,22H2,1-6H3,(H,47,50)(H,51,52). The molecule has 0 spiro atoms. The SMILES string of the molecule is CC(C)(C)OC(=O)N1CCC(Oc2ncc(C(=O)Nc3cnc(OC4CCN(C(=O)O)C4C(C)(C)C)c(-c4ccc(F)cc4)c3)cc2-c2ccc(F)c(F)c2)C1. The second-order valence-electron chi connectivity index (χ2n) is 15.9. The molecule has 2 aliphatic rings. The van der Waals surface area contributed by atoms with E-state index in [1.165, 1.54) is 58.6 Å². The summed E-state index contributed by atoms with van der Waals surface area (Å²) in [5, 5.41) is 12.7. The van der Waals surface area contributed by atoms with Crippen LogP contribution in [0.15, 0.2) is 67.0 Å². The number of benzene rings is 2. The van der Waals surface area contributed by atoms with Gasteiger partial charge in [0.25, 0.3) is 5.91 Å². The smallest absolute Gasteiger partial charge is 0.410 e. The third-order valence-electron chi connectivity index (χ3n) is 9.42. The van der Waals surface area contributed by atoms with Gasteiger partial charge in [-0.1, -0.05) is 39.0 Å². The van der Waals surface area contributed by atoms with Gasteiger partial charge < -0.3 is 34.4 Å². The lowest BCUT2D eigenvalue weighted by Gasteiger charge is -2.36. The Morgan fingerprint density at radius 3 is 2.12 bits per heavy atom. The Hall–Kier alpha value is -5.86. The number of halogens is 3. The first-order chi connectivity index (χ1) is 26.4. The molecule has 3 atom stereocenters. The van der Waals surface area contributed by atoms with Crippen molar-refractivity contribution >= 4 is 23.8 Å². The highest BCUT2D eigenvalue weighted by atomic mass is 19.2. The molecule has 0 saturated carbocycles. The van der Waals surface area contributed by atoms with E-state index in [2.05, 4.69) is 15.3 Å². The van der Waals surface area contributed by atoms with Gasteiger partial charge in [-0.05, 0) is 73.7 Å². The van der Waals surface area contributed by atoms with Crippen molar-refractivity contribution < 1.29 is 46.9 Å². The normalized spacial score (nSPS) is 18.5. The van der Waals surface area contributed by atoms with Gasteiger partial charge in [0.05, 0.1) is 30.0 Å². The van der Waals surface area contributed by atoms with Crippen molar-refractivity contribution in [2.75, 3.05) is 25.0 Å². The highest BCUT2D eigenvalue weighted by Crippen LogP contribution is 2.39. The van der Waals surface area contributed by atoms with E-state index in [0.29, 0.717) is 30.5 Å². The minimum absolute atomic E-state index is 0.0484. The van der Waals surface area contributed by atoms with Crippen molar-refractivity contribution in [1.29, 1.82) is 0 Å². The molecule has 2 fully saturated rings. The molecule has 0 bridgehead atoms. The highest BCUT2D eigenvalue weighted by molar-refractivity contribution is 6.05. The summed E-state index contributed by atoms with van der Waals surface area (Å²) in [5.74, 6) is -3.02. The maximum absolute atomic E-state index is 14.5. The van der Waals surface area contributed by atoms with Crippen LogP contribution in [0.4, 0.5) is 28.4 Å². The summed E-state index contributed by atoms with van der Waals surface area (Å²) < 4.78 is 60.5. The van der Waals surface area contributed by atoms with Crippen molar-refractivity contribution in [1.82, 2.24) is 19.8 Å². The van der Waals surface area contributed by atoms with Gasteiger partial charge in [0.2, 0.25) is 11.8 Å². The Morgan fingerprint density at radius 1 is 0.804 bits per heavy atom. The average molecular weight is 776 g/mol. The molecular weight excluding hydrogens is 731 g/mol. The summed E-state index contributed by atoms with van der Waals surface area (Å²) in [6.07, 6.45) is 0.973. The van der Waals surface area contributed by atoms with E-state index in [4.69, 9.17) is 14.2 Å². The summed E-state index contributed by atoms with van der Waals surface area (Å²) in [7, 11) is 0. The molecule has 2 saturated heterocycles. The molecule has 296 valence electrons. The lowest BCUT2D eigenvalue weighted by Crippen LogP contribution is -2.48. The fourth-order valence-corrected chi connectivity index (χ4v) is 6.94. The Balaban J connectivity index is 1.28. The van der Waals surface area contributed by atoms with E-state index in [-0.39, 0.29) is 47.2 Å². The average Bonchev–Trinajstić information content (AvgIpc) is 3.78. The van der Waals surface area contributed by atoms with Crippen molar-refractivity contribution in [3.63, 3.8) is 0 Å². The molecule has 3 unspecified atom stereocenters. The number of aromatic nitrogens is 2. The summed E-state index contributed by atoms with van der Waals surface area (Å²) in [5.41, 5.74) is 0.518. The topological polar surface area (TPSA) is 143 Å². The van der Waals surface area contributed by atoms with E-state index in [9.17, 15) is 32.7 Å². The number of amides is 3. The van der Waals surface area contributed by atoms with E-state index in [1.54, 1.807) is 26.8 Å². The van der Waals surface area contributed by atoms with Crippen LogP contribution in [-0.2, 0) is 4.74 Å². The molecule has 2 aromatic heterocycles. The van der Waals surface area contributed by atoms with Gasteiger partial charge in [-0.3, -0.25) is 4.79 Å². The second-order valence-corrected chi connectivity index (χ2v) is 15.9. The largest absolute Gasteiger partial charge is 0.472 e. The number of carbonyl (C=O) groups excluding carboxylic acids is 2. The molecule has 2 N–H and O–H groups in total. The van der Waals surface area contributed by atoms with Crippen LogP contribution in [0.2, 0.25) is 0 Å². The molecule has 0 radical (unpaired) electrons. The maximum Gasteiger partial charge on any atom is 0.410 e. The number of anilines is 1. The molecule has 2 aromatic carbocycles. The maximum atomic E-state index is 14.5. The zero-order chi connectivity index (χ0) is 40.5. The Bertz CT molecular complexity index is 2120. The number of nitrogens with zero attached hydrogens (tertiary/aromatic N) is 4. The summed E-state index contributed by atoms with van der Waals surface area (Å²) >= 11 is 0. The number of likely N-dealkylation sites (tertiary alicyclic amines) is 2. The zero-order valence-corrected chi connectivity index (χ0v) is 31.9. The van der Waals surface area contributed by atoms with Gasteiger partial charge in [0.1, 0.15) is 23.6 Å². The quantitative estimate of drug-likeness (QED) is 0.180. The van der Waals surface area contributed by atoms with Gasteiger partial charge in [0, 0.05) is 43.3 Å². The first-order valence-corrected chi connectivity index (χ1v) is 18.2. The van der Waals surface area contributed by atoms with Crippen molar-refractivity contribution in [2.45, 2.75) is 78.2 Å². The minimum atomic E-state index is -1.11. The number of ether oxygens (including phenoxy) is 3. The van der Waals surface area contributed by atoms with Crippen LogP contribution >= 0.6 is 0 Å². The number of pyridine rings is 2. The predicted molar refractivity (Wildman–Crippen MR) is 201 cm³/mol. The molecule has 0 aliphatic carbocycles. The third-order valence-corrected chi connectivity index (χ3v) is 9.42. The molecule has 12 nitrogen and oxygen atoms in total. The Morgan fingerprint density at radius 2 is 1.46 bits per heavy atom. The molecule has 56 heavy (non-hydrogen) atoms. The predicted octanol–water partition coefficient (Wildman–Crippen LogP) is 8.41. The molecule has 6 rings (SSSR count). The fourth-order valence-electron chi connectivity index (χ4n) is 6.94. The lowest BCUT2D eigenvalue weighted by atomic mass is 9.84. The first-order valence-electron chi connectivity index (χ1n) is 18.2. The van der Waals surface area contributed by atoms with Crippen LogP contribution in [0, 0.1) is 22.9 Å². The number of rotatable bonds is 8.